The number of amides is 1. The number of benzene rings is 1. The van der Waals surface area contributed by atoms with Gasteiger partial charge in [-0.1, -0.05) is 30.3 Å². The van der Waals surface area contributed by atoms with E-state index in [2.05, 4.69) is 5.43 Å². The van der Waals surface area contributed by atoms with Gasteiger partial charge in [0.15, 0.2) is 0 Å². The van der Waals surface area contributed by atoms with Crippen LogP contribution in [0.25, 0.3) is 0 Å². The highest BCUT2D eigenvalue weighted by Crippen LogP contribution is 2.10. The zero-order chi connectivity index (χ0) is 10.6. The molecule has 1 aromatic rings. The van der Waals surface area contributed by atoms with Crippen LogP contribution in [-0.2, 0) is 11.2 Å². The fourth-order valence-corrected chi connectivity index (χ4v) is 1.27. The molecule has 14 heavy (non-hydrogen) atoms. The SMILES string of the molecule is C[C@@](N)(Cc1ccccc1)C(=O)NN. The van der Waals surface area contributed by atoms with Crippen LogP contribution in [0.15, 0.2) is 30.3 Å². The average Bonchev–Trinajstić information content (AvgIpc) is 2.17. The zero-order valence-electron chi connectivity index (χ0n) is 8.16. The maximum atomic E-state index is 11.3. The Hall–Kier alpha value is -1.39. The summed E-state index contributed by atoms with van der Waals surface area (Å²) in [5, 5.41) is 0. The summed E-state index contributed by atoms with van der Waals surface area (Å²) in [6.07, 6.45) is 0.469. The number of hydrogen-bond donors (Lipinski definition) is 3. The summed E-state index contributed by atoms with van der Waals surface area (Å²) >= 11 is 0. The van der Waals surface area contributed by atoms with Crippen LogP contribution in [0.4, 0.5) is 0 Å². The summed E-state index contributed by atoms with van der Waals surface area (Å²) in [6, 6.07) is 9.59. The summed E-state index contributed by atoms with van der Waals surface area (Å²) < 4.78 is 0. The number of rotatable bonds is 3. The van der Waals surface area contributed by atoms with E-state index in [1.807, 2.05) is 30.3 Å². The fraction of sp³-hybridized carbons (Fsp3) is 0.300. The Morgan fingerprint density at radius 2 is 2.00 bits per heavy atom. The molecule has 0 spiro atoms. The smallest absolute Gasteiger partial charge is 0.254 e. The van der Waals surface area contributed by atoms with Crippen molar-refractivity contribution >= 4 is 5.91 Å². The Kier molecular flexibility index (Phi) is 3.22. The lowest BCUT2D eigenvalue weighted by atomic mass is 9.93. The van der Waals surface area contributed by atoms with Crippen molar-refractivity contribution in [1.82, 2.24) is 5.43 Å². The predicted octanol–water partition coefficient (Wildman–Crippen LogP) is -0.0636. The highest BCUT2D eigenvalue weighted by atomic mass is 16.2. The van der Waals surface area contributed by atoms with Gasteiger partial charge in [0.1, 0.15) is 0 Å². The second-order valence-corrected chi connectivity index (χ2v) is 3.55. The summed E-state index contributed by atoms with van der Waals surface area (Å²) in [7, 11) is 0. The Labute approximate surface area is 83.3 Å². The highest BCUT2D eigenvalue weighted by molar-refractivity contribution is 5.85. The van der Waals surface area contributed by atoms with Crippen molar-refractivity contribution in [3.05, 3.63) is 35.9 Å². The first-order valence-electron chi connectivity index (χ1n) is 4.40. The average molecular weight is 193 g/mol. The molecule has 1 aromatic carbocycles. The van der Waals surface area contributed by atoms with E-state index in [-0.39, 0.29) is 5.91 Å². The number of carbonyl (C=O) groups excluding carboxylic acids is 1. The van der Waals surface area contributed by atoms with E-state index >= 15 is 0 Å². The molecule has 1 atom stereocenters. The van der Waals surface area contributed by atoms with E-state index in [4.69, 9.17) is 11.6 Å². The van der Waals surface area contributed by atoms with Crippen molar-refractivity contribution in [2.24, 2.45) is 11.6 Å². The molecule has 0 heterocycles. The minimum Gasteiger partial charge on any atom is -0.317 e. The van der Waals surface area contributed by atoms with Crippen LogP contribution in [0.2, 0.25) is 0 Å². The van der Waals surface area contributed by atoms with Gasteiger partial charge in [-0.05, 0) is 18.9 Å². The van der Waals surface area contributed by atoms with Crippen molar-refractivity contribution in [3.8, 4) is 0 Å². The molecule has 0 saturated heterocycles. The molecule has 0 fully saturated rings. The monoisotopic (exact) mass is 193 g/mol. The molecule has 0 aliphatic carbocycles. The third-order valence-corrected chi connectivity index (χ3v) is 2.06. The minimum atomic E-state index is -0.962. The van der Waals surface area contributed by atoms with E-state index in [0.717, 1.165) is 5.56 Å². The summed E-state index contributed by atoms with van der Waals surface area (Å²) in [5.74, 6) is 4.67. The Bertz CT molecular complexity index is 308. The molecule has 0 radical (unpaired) electrons. The number of carbonyl (C=O) groups is 1. The lowest BCUT2D eigenvalue weighted by molar-refractivity contribution is -0.125. The first-order chi connectivity index (χ1) is 6.56. The topological polar surface area (TPSA) is 81.1 Å². The molecule has 1 rings (SSSR count). The number of hydrogen-bond acceptors (Lipinski definition) is 3. The Balaban J connectivity index is 2.73. The van der Waals surface area contributed by atoms with Crippen LogP contribution in [0, 0.1) is 0 Å². The number of nitrogens with one attached hydrogen (secondary N) is 1. The minimum absolute atomic E-state index is 0.360. The van der Waals surface area contributed by atoms with Gasteiger partial charge in [-0.25, -0.2) is 5.84 Å². The first-order valence-corrected chi connectivity index (χ1v) is 4.40. The summed E-state index contributed by atoms with van der Waals surface area (Å²) in [6.45, 7) is 1.65. The third kappa shape index (κ3) is 2.55. The normalized spacial score (nSPS) is 14.5. The first kappa shape index (κ1) is 10.7. The molecule has 4 heteroatoms. The van der Waals surface area contributed by atoms with E-state index in [0.29, 0.717) is 6.42 Å². The standard InChI is InChI=1S/C10H15N3O/c1-10(11,9(14)13-12)7-8-5-3-2-4-6-8/h2-6H,7,11-12H2,1H3,(H,13,14)/t10-/m1/s1. The van der Waals surface area contributed by atoms with Crippen LogP contribution < -0.4 is 17.0 Å². The van der Waals surface area contributed by atoms with Crippen LogP contribution in [0.5, 0.6) is 0 Å². The van der Waals surface area contributed by atoms with Gasteiger partial charge in [0, 0.05) is 0 Å². The molecule has 0 aliphatic rings. The molecule has 0 bridgehead atoms. The Morgan fingerprint density at radius 1 is 1.43 bits per heavy atom. The van der Waals surface area contributed by atoms with Crippen molar-refractivity contribution in [2.45, 2.75) is 18.9 Å². The summed E-state index contributed by atoms with van der Waals surface area (Å²) in [5.41, 5.74) is 7.93. The highest BCUT2D eigenvalue weighted by Gasteiger charge is 2.27. The maximum Gasteiger partial charge on any atom is 0.254 e. The van der Waals surface area contributed by atoms with Crippen molar-refractivity contribution in [1.29, 1.82) is 0 Å². The lowest BCUT2D eigenvalue weighted by Crippen LogP contribution is -2.55. The van der Waals surface area contributed by atoms with Gasteiger partial charge in [0.2, 0.25) is 0 Å². The van der Waals surface area contributed by atoms with E-state index < -0.39 is 5.54 Å². The Morgan fingerprint density at radius 3 is 2.50 bits per heavy atom. The van der Waals surface area contributed by atoms with Gasteiger partial charge in [0.05, 0.1) is 5.54 Å². The van der Waals surface area contributed by atoms with Gasteiger partial charge < -0.3 is 5.73 Å². The van der Waals surface area contributed by atoms with E-state index in [1.54, 1.807) is 6.92 Å². The molecular formula is C10H15N3O. The zero-order valence-corrected chi connectivity index (χ0v) is 8.16. The fourth-order valence-electron chi connectivity index (χ4n) is 1.27. The molecule has 4 nitrogen and oxygen atoms in total. The molecule has 0 aliphatic heterocycles. The number of nitrogens with two attached hydrogens (primary N) is 2. The quantitative estimate of drug-likeness (QED) is 0.357. The lowest BCUT2D eigenvalue weighted by Gasteiger charge is -2.22. The molecule has 5 N–H and O–H groups in total. The predicted molar refractivity (Wildman–Crippen MR) is 55.1 cm³/mol. The molecule has 76 valence electrons. The largest absolute Gasteiger partial charge is 0.317 e. The number of hydrazine groups is 1. The second kappa shape index (κ2) is 4.21. The van der Waals surface area contributed by atoms with Crippen molar-refractivity contribution in [3.63, 3.8) is 0 Å². The molecule has 1 amide bonds. The van der Waals surface area contributed by atoms with Gasteiger partial charge in [-0.2, -0.15) is 0 Å². The van der Waals surface area contributed by atoms with Crippen LogP contribution >= 0.6 is 0 Å². The van der Waals surface area contributed by atoms with Gasteiger partial charge in [-0.15, -0.1) is 0 Å². The van der Waals surface area contributed by atoms with Crippen molar-refractivity contribution < 1.29 is 4.79 Å². The van der Waals surface area contributed by atoms with E-state index in [9.17, 15) is 4.79 Å². The maximum absolute atomic E-state index is 11.3. The van der Waals surface area contributed by atoms with Gasteiger partial charge in [-0.3, -0.25) is 10.2 Å². The second-order valence-electron chi connectivity index (χ2n) is 3.55. The van der Waals surface area contributed by atoms with Crippen LogP contribution in [-0.4, -0.2) is 11.4 Å². The third-order valence-electron chi connectivity index (χ3n) is 2.06. The molecular weight excluding hydrogens is 178 g/mol. The summed E-state index contributed by atoms with van der Waals surface area (Å²) in [4.78, 5) is 11.3. The molecule has 0 unspecified atom stereocenters. The van der Waals surface area contributed by atoms with Gasteiger partial charge >= 0.3 is 0 Å². The van der Waals surface area contributed by atoms with Gasteiger partial charge in [0.25, 0.3) is 5.91 Å². The van der Waals surface area contributed by atoms with Crippen LogP contribution in [0.1, 0.15) is 12.5 Å². The molecule has 0 aromatic heterocycles. The van der Waals surface area contributed by atoms with Crippen LogP contribution in [0.3, 0.4) is 0 Å². The van der Waals surface area contributed by atoms with E-state index in [1.165, 1.54) is 0 Å². The van der Waals surface area contributed by atoms with Crippen molar-refractivity contribution in [2.75, 3.05) is 0 Å². The molecule has 0 saturated carbocycles.